The Morgan fingerprint density at radius 2 is 1.95 bits per heavy atom. The fraction of sp³-hybridized carbons (Fsp3) is 0.0667. The third-order valence-electron chi connectivity index (χ3n) is 2.98. The number of halogens is 3. The van der Waals surface area contributed by atoms with E-state index in [0.29, 0.717) is 11.1 Å². The molecule has 1 heterocycles. The molecule has 0 aliphatic rings. The summed E-state index contributed by atoms with van der Waals surface area (Å²) in [6, 6.07) is 8.53. The van der Waals surface area contributed by atoms with Crippen molar-refractivity contribution >= 4 is 32.9 Å². The maximum atomic E-state index is 13.5. The first-order chi connectivity index (χ1) is 10.5. The van der Waals surface area contributed by atoms with Crippen molar-refractivity contribution in [1.29, 1.82) is 0 Å². The normalized spacial score (nSPS) is 10.9. The second-order valence-corrected chi connectivity index (χ2v) is 5.41. The lowest BCUT2D eigenvalue weighted by Gasteiger charge is -2.04. The summed E-state index contributed by atoms with van der Waals surface area (Å²) in [6.07, 6.45) is 0. The number of benzene rings is 2. The fourth-order valence-electron chi connectivity index (χ4n) is 1.98. The SMILES string of the molecule is O=C(NCc1nc2cc(Br)ccc2o1)c1c(F)cccc1F. The number of carbonyl (C=O) groups is 1. The first kappa shape index (κ1) is 14.6. The van der Waals surface area contributed by atoms with Gasteiger partial charge in [0.15, 0.2) is 5.58 Å². The van der Waals surface area contributed by atoms with E-state index in [2.05, 4.69) is 26.2 Å². The Balaban J connectivity index is 1.77. The van der Waals surface area contributed by atoms with Crippen LogP contribution in [0.2, 0.25) is 0 Å². The standard InChI is InChI=1S/C15H9BrF2N2O2/c16-8-4-5-12-11(6-8)20-13(22-12)7-19-15(21)14-9(17)2-1-3-10(14)18/h1-6H,7H2,(H,19,21). The molecule has 3 aromatic rings. The van der Waals surface area contributed by atoms with Gasteiger partial charge in [0, 0.05) is 4.47 Å². The lowest BCUT2D eigenvalue weighted by atomic mass is 10.2. The molecule has 0 unspecified atom stereocenters. The summed E-state index contributed by atoms with van der Waals surface area (Å²) in [5.74, 6) is -2.45. The predicted octanol–water partition coefficient (Wildman–Crippen LogP) is 3.80. The molecule has 0 saturated heterocycles. The summed E-state index contributed by atoms with van der Waals surface area (Å²) < 4.78 is 33.3. The summed E-state index contributed by atoms with van der Waals surface area (Å²) in [4.78, 5) is 16.0. The van der Waals surface area contributed by atoms with Crippen molar-refractivity contribution in [2.75, 3.05) is 0 Å². The minimum atomic E-state index is -0.918. The molecule has 4 nitrogen and oxygen atoms in total. The molecule has 0 saturated carbocycles. The van der Waals surface area contributed by atoms with Crippen LogP contribution in [0.1, 0.15) is 16.2 Å². The van der Waals surface area contributed by atoms with Gasteiger partial charge in [-0.2, -0.15) is 0 Å². The molecule has 1 N–H and O–H groups in total. The Bertz CT molecular complexity index is 844. The molecule has 2 aromatic carbocycles. The number of rotatable bonds is 3. The number of hydrogen-bond acceptors (Lipinski definition) is 3. The van der Waals surface area contributed by atoms with Crippen LogP contribution in [0.25, 0.3) is 11.1 Å². The van der Waals surface area contributed by atoms with E-state index in [1.165, 1.54) is 6.07 Å². The fourth-order valence-corrected chi connectivity index (χ4v) is 2.33. The molecule has 1 aromatic heterocycles. The van der Waals surface area contributed by atoms with Crippen LogP contribution >= 0.6 is 15.9 Å². The molecule has 3 rings (SSSR count). The Labute approximate surface area is 132 Å². The number of hydrogen-bond donors (Lipinski definition) is 1. The third kappa shape index (κ3) is 2.85. The molecule has 0 bridgehead atoms. The highest BCUT2D eigenvalue weighted by Gasteiger charge is 2.17. The number of amides is 1. The lowest BCUT2D eigenvalue weighted by molar-refractivity contribution is 0.0939. The van der Waals surface area contributed by atoms with E-state index in [0.717, 1.165) is 16.6 Å². The lowest BCUT2D eigenvalue weighted by Crippen LogP contribution is -2.25. The smallest absolute Gasteiger partial charge is 0.257 e. The average Bonchev–Trinajstić information content (AvgIpc) is 2.87. The first-order valence-electron chi connectivity index (χ1n) is 6.32. The van der Waals surface area contributed by atoms with E-state index in [-0.39, 0.29) is 12.4 Å². The van der Waals surface area contributed by atoms with E-state index >= 15 is 0 Å². The monoisotopic (exact) mass is 366 g/mol. The minimum absolute atomic E-state index is 0.0705. The van der Waals surface area contributed by atoms with Gasteiger partial charge in [-0.15, -0.1) is 0 Å². The van der Waals surface area contributed by atoms with E-state index in [9.17, 15) is 13.6 Å². The van der Waals surface area contributed by atoms with Crippen LogP contribution in [0, 0.1) is 11.6 Å². The molecule has 22 heavy (non-hydrogen) atoms. The highest BCUT2D eigenvalue weighted by Crippen LogP contribution is 2.20. The number of oxazole rings is 1. The minimum Gasteiger partial charge on any atom is -0.439 e. The van der Waals surface area contributed by atoms with E-state index in [4.69, 9.17) is 4.42 Å². The molecule has 0 fully saturated rings. The highest BCUT2D eigenvalue weighted by molar-refractivity contribution is 9.10. The van der Waals surface area contributed by atoms with Crippen molar-refractivity contribution in [3.63, 3.8) is 0 Å². The Hall–Kier alpha value is -2.28. The summed E-state index contributed by atoms with van der Waals surface area (Å²) in [5, 5.41) is 2.39. The van der Waals surface area contributed by atoms with Gasteiger partial charge in [0.05, 0.1) is 6.54 Å². The van der Waals surface area contributed by atoms with E-state index in [1.807, 2.05) is 0 Å². The molecular formula is C15H9BrF2N2O2. The van der Waals surface area contributed by atoms with E-state index in [1.54, 1.807) is 18.2 Å². The second-order valence-electron chi connectivity index (χ2n) is 4.50. The van der Waals surface area contributed by atoms with Crippen molar-refractivity contribution in [2.45, 2.75) is 6.54 Å². The second kappa shape index (κ2) is 5.84. The maximum absolute atomic E-state index is 13.5. The van der Waals surface area contributed by atoms with Gasteiger partial charge in [0.1, 0.15) is 22.7 Å². The van der Waals surface area contributed by atoms with Gasteiger partial charge < -0.3 is 9.73 Å². The van der Waals surface area contributed by atoms with Crippen molar-refractivity contribution in [1.82, 2.24) is 10.3 Å². The molecule has 0 atom stereocenters. The Morgan fingerprint density at radius 3 is 2.68 bits per heavy atom. The highest BCUT2D eigenvalue weighted by atomic mass is 79.9. The van der Waals surface area contributed by atoms with Crippen LogP contribution in [-0.4, -0.2) is 10.9 Å². The molecule has 112 valence electrons. The summed E-state index contributed by atoms with van der Waals surface area (Å²) in [7, 11) is 0. The Morgan fingerprint density at radius 1 is 1.23 bits per heavy atom. The van der Waals surface area contributed by atoms with Gasteiger partial charge in [-0.05, 0) is 30.3 Å². The number of aromatic nitrogens is 1. The van der Waals surface area contributed by atoms with Gasteiger partial charge >= 0.3 is 0 Å². The molecule has 1 amide bonds. The molecule has 7 heteroatoms. The van der Waals surface area contributed by atoms with Crippen LogP contribution in [0.4, 0.5) is 8.78 Å². The number of nitrogens with zero attached hydrogens (tertiary/aromatic N) is 1. The molecular weight excluding hydrogens is 358 g/mol. The van der Waals surface area contributed by atoms with Crippen LogP contribution in [0.5, 0.6) is 0 Å². The first-order valence-corrected chi connectivity index (χ1v) is 7.11. The van der Waals surface area contributed by atoms with Crippen LogP contribution in [0.3, 0.4) is 0 Å². The average molecular weight is 367 g/mol. The molecule has 0 aliphatic heterocycles. The largest absolute Gasteiger partial charge is 0.439 e. The van der Waals surface area contributed by atoms with Gasteiger partial charge in [-0.1, -0.05) is 22.0 Å². The zero-order valence-electron chi connectivity index (χ0n) is 11.1. The molecule has 0 radical (unpaired) electrons. The van der Waals surface area contributed by atoms with Crippen molar-refractivity contribution in [3.05, 3.63) is 64.0 Å². The van der Waals surface area contributed by atoms with Crippen molar-refractivity contribution in [3.8, 4) is 0 Å². The van der Waals surface area contributed by atoms with Gasteiger partial charge in [-0.25, -0.2) is 13.8 Å². The summed E-state index contributed by atoms with van der Waals surface area (Å²) in [6.45, 7) is -0.0705. The van der Waals surface area contributed by atoms with Gasteiger partial charge in [-0.3, -0.25) is 4.79 Å². The predicted molar refractivity (Wildman–Crippen MR) is 79.2 cm³/mol. The Kier molecular flexibility index (Phi) is 3.89. The van der Waals surface area contributed by atoms with Crippen molar-refractivity contribution < 1.29 is 18.0 Å². The van der Waals surface area contributed by atoms with Gasteiger partial charge in [0.25, 0.3) is 5.91 Å². The van der Waals surface area contributed by atoms with E-state index < -0.39 is 23.1 Å². The third-order valence-corrected chi connectivity index (χ3v) is 3.48. The zero-order chi connectivity index (χ0) is 15.7. The van der Waals surface area contributed by atoms with Crippen LogP contribution in [-0.2, 0) is 6.54 Å². The zero-order valence-corrected chi connectivity index (χ0v) is 12.7. The van der Waals surface area contributed by atoms with Gasteiger partial charge in [0.2, 0.25) is 5.89 Å². The topological polar surface area (TPSA) is 55.1 Å². The number of carbonyl (C=O) groups excluding carboxylic acids is 1. The number of fused-ring (bicyclic) bond motifs is 1. The van der Waals surface area contributed by atoms with Crippen molar-refractivity contribution in [2.24, 2.45) is 0 Å². The maximum Gasteiger partial charge on any atom is 0.257 e. The number of nitrogens with one attached hydrogen (secondary N) is 1. The van der Waals surface area contributed by atoms with Crippen LogP contribution in [0.15, 0.2) is 45.3 Å². The quantitative estimate of drug-likeness (QED) is 0.766. The molecule has 0 aliphatic carbocycles. The summed E-state index contributed by atoms with van der Waals surface area (Å²) in [5.41, 5.74) is 0.557. The molecule has 0 spiro atoms. The van der Waals surface area contributed by atoms with Crippen LogP contribution < -0.4 is 5.32 Å². The summed E-state index contributed by atoms with van der Waals surface area (Å²) >= 11 is 3.32.